The maximum Gasteiger partial charge on any atom is 0.0970 e. The summed E-state index contributed by atoms with van der Waals surface area (Å²) < 4.78 is 13.3. The van der Waals surface area contributed by atoms with E-state index in [9.17, 15) is 5.11 Å². The number of hydrogen-bond acceptors (Lipinski definition) is 4. The highest BCUT2D eigenvalue weighted by Gasteiger charge is 2.32. The summed E-state index contributed by atoms with van der Waals surface area (Å²) in [5.41, 5.74) is 0.849. The van der Waals surface area contributed by atoms with Crippen LogP contribution in [0.5, 0.6) is 0 Å². The van der Waals surface area contributed by atoms with Crippen molar-refractivity contribution in [2.24, 2.45) is 5.92 Å². The Kier molecular flexibility index (Phi) is 6.01. The number of halogens is 1. The molecule has 1 unspecified atom stereocenters. The molecule has 1 fully saturated rings. The van der Waals surface area contributed by atoms with Gasteiger partial charge in [0.2, 0.25) is 0 Å². The highest BCUT2D eigenvalue weighted by Crippen LogP contribution is 2.38. The van der Waals surface area contributed by atoms with Gasteiger partial charge in [0.1, 0.15) is 0 Å². The van der Waals surface area contributed by atoms with Crippen molar-refractivity contribution in [1.82, 2.24) is 9.78 Å². The third kappa shape index (κ3) is 3.81. The average molecular weight is 347 g/mol. The van der Waals surface area contributed by atoms with Crippen LogP contribution < -0.4 is 0 Å². The third-order valence-electron chi connectivity index (χ3n) is 3.81. The lowest BCUT2D eigenvalue weighted by atomic mass is 9.78. The van der Waals surface area contributed by atoms with Gasteiger partial charge in [-0.25, -0.2) is 0 Å². The summed E-state index contributed by atoms with van der Waals surface area (Å²) in [6.07, 6.45) is 4.50. The quantitative estimate of drug-likeness (QED) is 0.785. The van der Waals surface area contributed by atoms with E-state index < -0.39 is 6.10 Å². The molecule has 1 N–H and O–H groups in total. The van der Waals surface area contributed by atoms with E-state index in [1.807, 2.05) is 11.6 Å². The molecule has 1 aliphatic rings. The van der Waals surface area contributed by atoms with Crippen molar-refractivity contribution in [3.63, 3.8) is 0 Å². The van der Waals surface area contributed by atoms with Gasteiger partial charge in [0.05, 0.1) is 41.7 Å². The third-order valence-corrected chi connectivity index (χ3v) is 4.42. The lowest BCUT2D eigenvalue weighted by Gasteiger charge is -2.36. The summed E-state index contributed by atoms with van der Waals surface area (Å²) in [4.78, 5) is 0. The normalized spacial score (nSPS) is 23.6. The smallest absolute Gasteiger partial charge is 0.0970 e. The van der Waals surface area contributed by atoms with Gasteiger partial charge in [-0.1, -0.05) is 0 Å². The number of methoxy groups -OCH3 is 1. The molecule has 1 atom stereocenters. The Morgan fingerprint density at radius 3 is 2.95 bits per heavy atom. The fraction of sp³-hybridized carbons (Fsp3) is 0.786. The summed E-state index contributed by atoms with van der Waals surface area (Å²) >= 11 is 3.47. The highest BCUT2D eigenvalue weighted by atomic mass is 79.9. The zero-order valence-electron chi connectivity index (χ0n) is 12.1. The molecule has 1 heterocycles. The lowest BCUT2D eigenvalue weighted by molar-refractivity contribution is -0.0388. The molecule has 1 aromatic rings. The molecule has 0 bridgehead atoms. The summed E-state index contributed by atoms with van der Waals surface area (Å²) in [7, 11) is 1.66. The maximum absolute atomic E-state index is 10.4. The van der Waals surface area contributed by atoms with Crippen molar-refractivity contribution in [1.29, 1.82) is 0 Å². The topological polar surface area (TPSA) is 56.5 Å². The zero-order valence-corrected chi connectivity index (χ0v) is 13.7. The average Bonchev–Trinajstić information content (AvgIpc) is 2.75. The number of aromatic nitrogens is 2. The van der Waals surface area contributed by atoms with E-state index in [1.54, 1.807) is 13.3 Å². The number of ether oxygens (including phenoxy) is 2. The van der Waals surface area contributed by atoms with Gasteiger partial charge in [-0.15, -0.1) is 0 Å². The maximum atomic E-state index is 10.4. The van der Waals surface area contributed by atoms with Crippen LogP contribution in [0.3, 0.4) is 0 Å². The first-order valence-electron chi connectivity index (χ1n) is 7.15. The summed E-state index contributed by atoms with van der Waals surface area (Å²) in [5, 5.41) is 14.7. The van der Waals surface area contributed by atoms with E-state index in [0.717, 1.165) is 36.0 Å². The number of nitrogens with zero attached hydrogens (tertiary/aromatic N) is 2. The van der Waals surface area contributed by atoms with Gasteiger partial charge in [-0.2, -0.15) is 5.10 Å². The molecule has 0 aromatic carbocycles. The van der Waals surface area contributed by atoms with Crippen LogP contribution in [0.25, 0.3) is 0 Å². The molecule has 1 saturated carbocycles. The first-order chi connectivity index (χ1) is 9.65. The Hall–Kier alpha value is -0.430. The van der Waals surface area contributed by atoms with Gasteiger partial charge in [0.15, 0.2) is 0 Å². The molecule has 0 radical (unpaired) electrons. The second-order valence-corrected chi connectivity index (χ2v) is 6.11. The molecule has 2 rings (SSSR count). The Morgan fingerprint density at radius 1 is 1.55 bits per heavy atom. The fourth-order valence-electron chi connectivity index (χ4n) is 2.73. The molecular formula is C14H23BrN2O3. The second kappa shape index (κ2) is 7.54. The predicted molar refractivity (Wildman–Crippen MR) is 79.5 cm³/mol. The van der Waals surface area contributed by atoms with Crippen LogP contribution in [-0.4, -0.2) is 41.3 Å². The standard InChI is InChI=1S/C14H23BrN2O3/c1-3-20-11-6-10(7-11)8-13(18)14-12(15)9-16-17(14)4-5-19-2/h9-11,13,18H,3-8H2,1-2H3. The van der Waals surface area contributed by atoms with Crippen molar-refractivity contribution in [3.05, 3.63) is 16.4 Å². The van der Waals surface area contributed by atoms with Gasteiger partial charge < -0.3 is 14.6 Å². The van der Waals surface area contributed by atoms with Gasteiger partial charge >= 0.3 is 0 Å². The fourth-order valence-corrected chi connectivity index (χ4v) is 3.29. The molecule has 1 aliphatic carbocycles. The van der Waals surface area contributed by atoms with E-state index in [-0.39, 0.29) is 0 Å². The summed E-state index contributed by atoms with van der Waals surface area (Å²) in [5.74, 6) is 0.541. The Balaban J connectivity index is 1.89. The largest absolute Gasteiger partial charge is 0.387 e. The first kappa shape index (κ1) is 15.9. The van der Waals surface area contributed by atoms with E-state index in [1.165, 1.54) is 0 Å². The zero-order chi connectivity index (χ0) is 14.5. The van der Waals surface area contributed by atoms with E-state index >= 15 is 0 Å². The molecule has 0 spiro atoms. The number of hydrogen-bond donors (Lipinski definition) is 1. The molecule has 114 valence electrons. The Morgan fingerprint density at radius 2 is 2.30 bits per heavy atom. The van der Waals surface area contributed by atoms with Crippen LogP contribution in [0.1, 0.15) is 38.0 Å². The number of rotatable bonds is 8. The monoisotopic (exact) mass is 346 g/mol. The number of aliphatic hydroxyl groups is 1. The minimum atomic E-state index is -0.490. The van der Waals surface area contributed by atoms with Crippen LogP contribution in [0.4, 0.5) is 0 Å². The second-order valence-electron chi connectivity index (χ2n) is 5.26. The minimum Gasteiger partial charge on any atom is -0.387 e. The van der Waals surface area contributed by atoms with Gasteiger partial charge in [-0.3, -0.25) is 4.68 Å². The van der Waals surface area contributed by atoms with Crippen molar-refractivity contribution in [2.75, 3.05) is 20.3 Å². The summed E-state index contributed by atoms with van der Waals surface area (Å²) in [6, 6.07) is 0. The van der Waals surface area contributed by atoms with Crippen molar-refractivity contribution < 1.29 is 14.6 Å². The Labute approximate surface area is 128 Å². The SMILES string of the molecule is CCOC1CC(CC(O)c2c(Br)cnn2CCOC)C1. The molecular weight excluding hydrogens is 324 g/mol. The molecule has 6 heteroatoms. The van der Waals surface area contributed by atoms with Crippen molar-refractivity contribution >= 4 is 15.9 Å². The van der Waals surface area contributed by atoms with Crippen molar-refractivity contribution in [3.8, 4) is 0 Å². The van der Waals surface area contributed by atoms with Gasteiger partial charge in [-0.05, 0) is 48.0 Å². The van der Waals surface area contributed by atoms with Crippen LogP contribution in [0.2, 0.25) is 0 Å². The molecule has 5 nitrogen and oxygen atoms in total. The van der Waals surface area contributed by atoms with E-state index in [4.69, 9.17) is 9.47 Å². The van der Waals surface area contributed by atoms with Gasteiger partial charge in [0.25, 0.3) is 0 Å². The number of aliphatic hydroxyl groups excluding tert-OH is 1. The van der Waals surface area contributed by atoms with Crippen LogP contribution in [0, 0.1) is 5.92 Å². The lowest BCUT2D eigenvalue weighted by Crippen LogP contribution is -2.32. The predicted octanol–water partition coefficient (Wildman–Crippen LogP) is 2.53. The molecule has 20 heavy (non-hydrogen) atoms. The van der Waals surface area contributed by atoms with Crippen LogP contribution in [0.15, 0.2) is 10.7 Å². The van der Waals surface area contributed by atoms with Crippen LogP contribution in [-0.2, 0) is 16.0 Å². The van der Waals surface area contributed by atoms with Crippen LogP contribution >= 0.6 is 15.9 Å². The minimum absolute atomic E-state index is 0.388. The van der Waals surface area contributed by atoms with E-state index in [0.29, 0.717) is 25.2 Å². The summed E-state index contributed by atoms with van der Waals surface area (Å²) in [6.45, 7) is 4.04. The molecule has 1 aromatic heterocycles. The molecule has 0 amide bonds. The Bertz CT molecular complexity index is 419. The van der Waals surface area contributed by atoms with Gasteiger partial charge in [0, 0.05) is 13.7 Å². The van der Waals surface area contributed by atoms with Crippen molar-refractivity contribution in [2.45, 2.75) is 44.9 Å². The highest BCUT2D eigenvalue weighted by molar-refractivity contribution is 9.10. The molecule has 0 saturated heterocycles. The first-order valence-corrected chi connectivity index (χ1v) is 7.94. The van der Waals surface area contributed by atoms with E-state index in [2.05, 4.69) is 21.0 Å². The molecule has 0 aliphatic heterocycles.